The molecule has 1 heterocycles. The van der Waals surface area contributed by atoms with Gasteiger partial charge in [-0.25, -0.2) is 18.1 Å². The summed E-state index contributed by atoms with van der Waals surface area (Å²) in [4.78, 5) is 15.7. The molecule has 1 aromatic heterocycles. The van der Waals surface area contributed by atoms with Crippen molar-refractivity contribution in [3.63, 3.8) is 0 Å². The molecule has 0 radical (unpaired) electrons. The normalized spacial score (nSPS) is 11.4. The van der Waals surface area contributed by atoms with Crippen molar-refractivity contribution in [2.45, 2.75) is 31.7 Å². The number of hydrogen-bond donors (Lipinski definition) is 2. The molecule has 0 fully saturated rings. The summed E-state index contributed by atoms with van der Waals surface area (Å²) >= 11 is 0. The van der Waals surface area contributed by atoms with Crippen molar-refractivity contribution in [3.05, 3.63) is 42.0 Å². The molecule has 0 unspecified atom stereocenters. The van der Waals surface area contributed by atoms with Crippen molar-refractivity contribution in [2.24, 2.45) is 0 Å². The molecule has 0 spiro atoms. The number of nitrogens with zero attached hydrogens (tertiary/aromatic N) is 3. The van der Waals surface area contributed by atoms with Gasteiger partial charge in [0, 0.05) is 19.5 Å². The monoisotopic (exact) mass is 351 g/mol. The van der Waals surface area contributed by atoms with Gasteiger partial charge < -0.3 is 5.32 Å². The Kier molecular flexibility index (Phi) is 6.04. The Morgan fingerprint density at radius 2 is 2.04 bits per heavy atom. The Bertz CT molecular complexity index is 787. The van der Waals surface area contributed by atoms with E-state index in [1.54, 1.807) is 23.7 Å². The average molecular weight is 351 g/mol. The molecule has 0 aliphatic rings. The number of amides is 1. The highest BCUT2D eigenvalue weighted by atomic mass is 32.2. The molecule has 2 N–H and O–H groups in total. The van der Waals surface area contributed by atoms with Gasteiger partial charge in [-0.3, -0.25) is 9.48 Å². The van der Waals surface area contributed by atoms with Crippen LogP contribution in [0.2, 0.25) is 0 Å². The van der Waals surface area contributed by atoms with Gasteiger partial charge in [-0.05, 0) is 31.0 Å². The molecule has 0 saturated carbocycles. The van der Waals surface area contributed by atoms with Crippen molar-refractivity contribution in [3.8, 4) is 0 Å². The summed E-state index contributed by atoms with van der Waals surface area (Å²) < 4.78 is 28.6. The van der Waals surface area contributed by atoms with Crippen LogP contribution in [0, 0.1) is 13.8 Å². The van der Waals surface area contributed by atoms with Gasteiger partial charge >= 0.3 is 0 Å². The highest BCUT2D eigenvalue weighted by molar-refractivity contribution is 7.89. The molecular formula is C15H21N5O3S. The number of aromatic nitrogens is 3. The molecule has 0 aliphatic carbocycles. The van der Waals surface area contributed by atoms with Crippen LogP contribution in [0.4, 0.5) is 0 Å². The van der Waals surface area contributed by atoms with Crippen LogP contribution >= 0.6 is 0 Å². The quantitative estimate of drug-likeness (QED) is 0.669. The van der Waals surface area contributed by atoms with E-state index >= 15 is 0 Å². The standard InChI is InChI=1S/C15H21N5O3S/c1-12-3-4-13(2)14(9-12)24(22,23)19-7-6-17-15(21)5-8-20-11-16-10-18-20/h3-4,9-11,19H,5-8H2,1-2H3,(H,17,21). The van der Waals surface area contributed by atoms with E-state index in [0.29, 0.717) is 12.1 Å². The SMILES string of the molecule is Cc1ccc(C)c(S(=O)(=O)NCCNC(=O)CCn2cncn2)c1. The van der Waals surface area contributed by atoms with Gasteiger partial charge in [0.05, 0.1) is 11.4 Å². The predicted molar refractivity (Wildman–Crippen MR) is 88.8 cm³/mol. The van der Waals surface area contributed by atoms with Crippen LogP contribution < -0.4 is 10.0 Å². The minimum Gasteiger partial charge on any atom is -0.355 e. The average Bonchev–Trinajstić information content (AvgIpc) is 3.05. The first-order valence-corrected chi connectivity index (χ1v) is 9.03. The van der Waals surface area contributed by atoms with Gasteiger partial charge in [0.2, 0.25) is 15.9 Å². The summed E-state index contributed by atoms with van der Waals surface area (Å²) in [6.07, 6.45) is 3.19. The molecular weight excluding hydrogens is 330 g/mol. The number of carbonyl (C=O) groups excluding carboxylic acids is 1. The van der Waals surface area contributed by atoms with Crippen molar-refractivity contribution < 1.29 is 13.2 Å². The molecule has 24 heavy (non-hydrogen) atoms. The van der Waals surface area contributed by atoms with Gasteiger partial charge in [0.15, 0.2) is 0 Å². The van der Waals surface area contributed by atoms with Crippen LogP contribution in [-0.4, -0.2) is 42.2 Å². The van der Waals surface area contributed by atoms with Crippen LogP contribution in [0.15, 0.2) is 35.7 Å². The van der Waals surface area contributed by atoms with E-state index in [1.807, 2.05) is 13.0 Å². The fourth-order valence-electron chi connectivity index (χ4n) is 2.11. The number of benzene rings is 1. The Morgan fingerprint density at radius 1 is 1.25 bits per heavy atom. The second kappa shape index (κ2) is 8.02. The highest BCUT2D eigenvalue weighted by Crippen LogP contribution is 2.16. The molecule has 9 heteroatoms. The van der Waals surface area contributed by atoms with Crippen molar-refractivity contribution >= 4 is 15.9 Å². The molecule has 2 rings (SSSR count). The predicted octanol–water partition coefficient (Wildman–Crippen LogP) is 0.380. The van der Waals surface area contributed by atoms with Gasteiger partial charge in [-0.15, -0.1) is 0 Å². The lowest BCUT2D eigenvalue weighted by Gasteiger charge is -2.11. The van der Waals surface area contributed by atoms with Crippen LogP contribution in [0.3, 0.4) is 0 Å². The summed E-state index contributed by atoms with van der Waals surface area (Å²) in [6, 6.07) is 5.27. The third-order valence-electron chi connectivity index (χ3n) is 3.41. The zero-order chi connectivity index (χ0) is 17.6. The second-order valence-electron chi connectivity index (χ2n) is 5.43. The summed E-state index contributed by atoms with van der Waals surface area (Å²) in [5.74, 6) is -0.170. The van der Waals surface area contributed by atoms with Crippen LogP contribution in [0.5, 0.6) is 0 Å². The van der Waals surface area contributed by atoms with Crippen LogP contribution in [0.25, 0.3) is 0 Å². The first-order chi connectivity index (χ1) is 11.4. The van der Waals surface area contributed by atoms with E-state index in [2.05, 4.69) is 20.1 Å². The van der Waals surface area contributed by atoms with Gasteiger partial charge in [-0.1, -0.05) is 12.1 Å². The number of sulfonamides is 1. The van der Waals surface area contributed by atoms with Crippen molar-refractivity contribution in [2.75, 3.05) is 13.1 Å². The molecule has 8 nitrogen and oxygen atoms in total. The number of rotatable bonds is 8. The molecule has 0 atom stereocenters. The van der Waals surface area contributed by atoms with E-state index in [0.717, 1.165) is 5.56 Å². The van der Waals surface area contributed by atoms with Crippen molar-refractivity contribution in [1.29, 1.82) is 0 Å². The Hall–Kier alpha value is -2.26. The number of nitrogens with one attached hydrogen (secondary N) is 2. The number of aryl methyl sites for hydroxylation is 3. The van der Waals surface area contributed by atoms with Gasteiger partial charge in [0.1, 0.15) is 12.7 Å². The first kappa shape index (κ1) is 18.1. The molecule has 1 aromatic carbocycles. The topological polar surface area (TPSA) is 106 Å². The van der Waals surface area contributed by atoms with Gasteiger partial charge in [-0.2, -0.15) is 5.10 Å². The van der Waals surface area contributed by atoms with E-state index in [4.69, 9.17) is 0 Å². The second-order valence-corrected chi connectivity index (χ2v) is 7.16. The summed E-state index contributed by atoms with van der Waals surface area (Å²) in [7, 11) is -3.58. The lowest BCUT2D eigenvalue weighted by Crippen LogP contribution is -2.35. The lowest BCUT2D eigenvalue weighted by molar-refractivity contribution is -0.121. The largest absolute Gasteiger partial charge is 0.355 e. The third kappa shape index (κ3) is 5.14. The number of hydrogen-bond acceptors (Lipinski definition) is 5. The highest BCUT2D eigenvalue weighted by Gasteiger charge is 2.16. The molecule has 0 bridgehead atoms. The Morgan fingerprint density at radius 3 is 2.75 bits per heavy atom. The van der Waals surface area contributed by atoms with Gasteiger partial charge in [0.25, 0.3) is 0 Å². The van der Waals surface area contributed by atoms with Crippen LogP contribution in [0.1, 0.15) is 17.5 Å². The zero-order valence-corrected chi connectivity index (χ0v) is 14.5. The summed E-state index contributed by atoms with van der Waals surface area (Å²) in [6.45, 7) is 4.37. The summed E-state index contributed by atoms with van der Waals surface area (Å²) in [5, 5.41) is 6.57. The van der Waals surface area contributed by atoms with E-state index in [9.17, 15) is 13.2 Å². The van der Waals surface area contributed by atoms with Crippen molar-refractivity contribution in [1.82, 2.24) is 24.8 Å². The van der Waals surface area contributed by atoms with E-state index in [1.165, 1.54) is 12.7 Å². The smallest absolute Gasteiger partial charge is 0.240 e. The summed E-state index contributed by atoms with van der Waals surface area (Å²) in [5.41, 5.74) is 1.56. The van der Waals surface area contributed by atoms with E-state index < -0.39 is 10.0 Å². The molecule has 1 amide bonds. The van der Waals surface area contributed by atoms with E-state index in [-0.39, 0.29) is 30.3 Å². The molecule has 2 aromatic rings. The fraction of sp³-hybridized carbons (Fsp3) is 0.400. The maximum absolute atomic E-state index is 12.3. The number of carbonyl (C=O) groups is 1. The minimum absolute atomic E-state index is 0.130. The molecule has 130 valence electrons. The lowest BCUT2D eigenvalue weighted by atomic mass is 10.2. The maximum Gasteiger partial charge on any atom is 0.240 e. The Balaban J connectivity index is 1.76. The van der Waals surface area contributed by atoms with Crippen LogP contribution in [-0.2, 0) is 21.4 Å². The third-order valence-corrected chi connectivity index (χ3v) is 5.01. The molecule has 0 aliphatic heterocycles. The maximum atomic E-state index is 12.3. The zero-order valence-electron chi connectivity index (χ0n) is 13.7. The minimum atomic E-state index is -3.58. The molecule has 0 saturated heterocycles. The Labute approximate surface area is 141 Å². The fourth-order valence-corrected chi connectivity index (χ4v) is 3.47. The first-order valence-electron chi connectivity index (χ1n) is 7.54.